The number of hydrazine groups is 1. The van der Waals surface area contributed by atoms with Crippen LogP contribution in [0.25, 0.3) is 11.0 Å². The molecule has 0 aliphatic carbocycles. The summed E-state index contributed by atoms with van der Waals surface area (Å²) in [6.45, 7) is 0. The van der Waals surface area contributed by atoms with E-state index in [1.165, 1.54) is 7.11 Å². The van der Waals surface area contributed by atoms with Crippen LogP contribution in [0, 0.1) is 0 Å². The summed E-state index contributed by atoms with van der Waals surface area (Å²) in [6, 6.07) is 3.30. The summed E-state index contributed by atoms with van der Waals surface area (Å²) >= 11 is 12.0. The maximum atomic E-state index is 5.99. The first-order valence-corrected chi connectivity index (χ1v) is 5.09. The number of aromatic nitrogens is 2. The van der Waals surface area contributed by atoms with E-state index in [4.69, 9.17) is 33.8 Å². The molecule has 16 heavy (non-hydrogen) atoms. The molecule has 0 fully saturated rings. The second kappa shape index (κ2) is 4.29. The zero-order valence-electron chi connectivity index (χ0n) is 8.29. The molecule has 1 heterocycles. The fourth-order valence-electron chi connectivity index (χ4n) is 1.29. The Morgan fingerprint density at radius 2 is 1.75 bits per heavy atom. The van der Waals surface area contributed by atoms with Crippen LogP contribution in [-0.2, 0) is 0 Å². The Morgan fingerprint density at radius 3 is 2.25 bits per heavy atom. The quantitative estimate of drug-likeness (QED) is 0.639. The minimum absolute atomic E-state index is 0.263. The van der Waals surface area contributed by atoms with Crippen molar-refractivity contribution in [2.45, 2.75) is 0 Å². The Morgan fingerprint density at radius 1 is 1.19 bits per heavy atom. The molecular formula is C9H8Cl2N4O. The zero-order chi connectivity index (χ0) is 11.7. The molecule has 0 aliphatic heterocycles. The van der Waals surface area contributed by atoms with E-state index in [1.54, 1.807) is 12.1 Å². The van der Waals surface area contributed by atoms with Crippen molar-refractivity contribution in [3.63, 3.8) is 0 Å². The Balaban J connectivity index is 2.82. The molecule has 0 saturated carbocycles. The Bertz CT molecular complexity index is 498. The summed E-state index contributed by atoms with van der Waals surface area (Å²) in [4.78, 5) is 8.37. The van der Waals surface area contributed by atoms with Crippen molar-refractivity contribution >= 4 is 40.1 Å². The van der Waals surface area contributed by atoms with Crippen LogP contribution in [-0.4, -0.2) is 17.1 Å². The Hall–Kier alpha value is -1.30. The average molecular weight is 259 g/mol. The lowest BCUT2D eigenvalue weighted by molar-refractivity contribution is 0.400. The zero-order valence-corrected chi connectivity index (χ0v) is 9.80. The van der Waals surface area contributed by atoms with Gasteiger partial charge in [-0.05, 0) is 12.1 Å². The first-order chi connectivity index (χ1) is 7.67. The van der Waals surface area contributed by atoms with Crippen LogP contribution in [0.2, 0.25) is 10.0 Å². The average Bonchev–Trinajstić information content (AvgIpc) is 2.32. The monoisotopic (exact) mass is 258 g/mol. The van der Waals surface area contributed by atoms with Gasteiger partial charge in [-0.3, -0.25) is 0 Å². The Kier molecular flexibility index (Phi) is 3.00. The molecular weight excluding hydrogens is 251 g/mol. The number of methoxy groups -OCH3 is 1. The molecule has 2 rings (SSSR count). The Labute approximate surface area is 101 Å². The topological polar surface area (TPSA) is 73.1 Å². The van der Waals surface area contributed by atoms with E-state index in [9.17, 15) is 0 Å². The van der Waals surface area contributed by atoms with Gasteiger partial charge < -0.3 is 10.2 Å². The third-order valence-electron chi connectivity index (χ3n) is 2.02. The lowest BCUT2D eigenvalue weighted by Gasteiger charge is -2.08. The molecule has 7 heteroatoms. The van der Waals surface area contributed by atoms with Crippen molar-refractivity contribution in [2.75, 3.05) is 12.5 Å². The number of hydrogen-bond donors (Lipinski definition) is 2. The highest BCUT2D eigenvalue weighted by Crippen LogP contribution is 2.31. The smallest absolute Gasteiger partial charge is 0.259 e. The number of rotatable bonds is 2. The molecule has 84 valence electrons. The molecule has 1 aromatic carbocycles. The normalized spacial score (nSPS) is 10.5. The second-order valence-corrected chi connectivity index (χ2v) is 3.77. The molecule has 0 aliphatic rings. The summed E-state index contributed by atoms with van der Waals surface area (Å²) in [7, 11) is 1.47. The molecule has 1 aromatic heterocycles. The third-order valence-corrected chi connectivity index (χ3v) is 2.63. The molecule has 0 spiro atoms. The van der Waals surface area contributed by atoms with Gasteiger partial charge in [0.15, 0.2) is 0 Å². The van der Waals surface area contributed by atoms with Crippen LogP contribution in [0.1, 0.15) is 0 Å². The van der Waals surface area contributed by atoms with Crippen LogP contribution in [0.15, 0.2) is 12.1 Å². The highest BCUT2D eigenvalue weighted by molar-refractivity contribution is 6.39. The number of fused-ring (bicyclic) bond motifs is 1. The number of nitrogens with two attached hydrogens (primary N) is 1. The summed E-state index contributed by atoms with van der Waals surface area (Å²) in [6.07, 6.45) is 0. The lowest BCUT2D eigenvalue weighted by atomic mass is 10.3. The van der Waals surface area contributed by atoms with Crippen molar-refractivity contribution < 1.29 is 4.74 Å². The number of ether oxygens (including phenoxy) is 1. The van der Waals surface area contributed by atoms with Gasteiger partial charge in [0.05, 0.1) is 17.2 Å². The van der Waals surface area contributed by atoms with E-state index in [2.05, 4.69) is 15.4 Å². The molecule has 0 bridgehead atoms. The maximum Gasteiger partial charge on any atom is 0.259 e. The highest BCUT2D eigenvalue weighted by Gasteiger charge is 2.12. The van der Waals surface area contributed by atoms with Gasteiger partial charge in [0, 0.05) is 0 Å². The number of hydrogen-bond acceptors (Lipinski definition) is 5. The second-order valence-electron chi connectivity index (χ2n) is 2.95. The minimum atomic E-state index is 0.263. The molecule has 0 saturated heterocycles. The van der Waals surface area contributed by atoms with Crippen LogP contribution in [0.4, 0.5) is 5.82 Å². The maximum absolute atomic E-state index is 5.99. The largest absolute Gasteiger partial charge is 0.478 e. The number of nitrogens with zero attached hydrogens (tertiary/aromatic N) is 2. The van der Waals surface area contributed by atoms with Gasteiger partial charge in [-0.1, -0.05) is 23.2 Å². The van der Waals surface area contributed by atoms with Gasteiger partial charge in [-0.2, -0.15) is 0 Å². The standard InChI is InChI=1S/C9H8Cl2N4O/c1-16-9-8(15-12)13-6-4(10)2-3-5(11)7(6)14-9/h2-3H,12H2,1H3,(H,13,15). The molecule has 0 unspecified atom stereocenters. The summed E-state index contributed by atoms with van der Waals surface area (Å²) < 4.78 is 5.02. The number of halogens is 2. The van der Waals surface area contributed by atoms with Gasteiger partial charge in [-0.15, -0.1) is 0 Å². The number of anilines is 1. The predicted octanol–water partition coefficient (Wildman–Crippen LogP) is 2.23. The van der Waals surface area contributed by atoms with E-state index < -0.39 is 0 Å². The van der Waals surface area contributed by atoms with Crippen LogP contribution in [0.5, 0.6) is 5.88 Å². The van der Waals surface area contributed by atoms with E-state index >= 15 is 0 Å². The molecule has 0 amide bonds. The van der Waals surface area contributed by atoms with E-state index in [-0.39, 0.29) is 5.88 Å². The fourth-order valence-corrected chi connectivity index (χ4v) is 1.68. The SMILES string of the molecule is COc1nc2c(Cl)ccc(Cl)c2nc1NN. The molecule has 0 radical (unpaired) electrons. The van der Waals surface area contributed by atoms with Crippen LogP contribution < -0.4 is 16.0 Å². The molecule has 5 nitrogen and oxygen atoms in total. The van der Waals surface area contributed by atoms with E-state index in [0.717, 1.165) is 0 Å². The summed E-state index contributed by atoms with van der Waals surface area (Å²) in [5, 5.41) is 0.903. The number of benzene rings is 1. The van der Waals surface area contributed by atoms with Gasteiger partial charge in [0.1, 0.15) is 11.0 Å². The van der Waals surface area contributed by atoms with Gasteiger partial charge in [0.25, 0.3) is 5.88 Å². The van der Waals surface area contributed by atoms with E-state index in [1.807, 2.05) is 0 Å². The number of nitrogens with one attached hydrogen (secondary N) is 1. The minimum Gasteiger partial charge on any atom is -0.478 e. The van der Waals surface area contributed by atoms with E-state index in [0.29, 0.717) is 26.9 Å². The third kappa shape index (κ3) is 1.73. The summed E-state index contributed by atoms with van der Waals surface area (Å²) in [5.74, 6) is 5.86. The lowest BCUT2D eigenvalue weighted by Crippen LogP contribution is -2.11. The highest BCUT2D eigenvalue weighted by atomic mass is 35.5. The van der Waals surface area contributed by atoms with Crippen molar-refractivity contribution in [3.8, 4) is 5.88 Å². The number of nitrogen functional groups attached to an aromatic ring is 1. The van der Waals surface area contributed by atoms with Crippen molar-refractivity contribution in [3.05, 3.63) is 22.2 Å². The van der Waals surface area contributed by atoms with Gasteiger partial charge in [-0.25, -0.2) is 15.8 Å². The van der Waals surface area contributed by atoms with Crippen molar-refractivity contribution in [1.82, 2.24) is 9.97 Å². The van der Waals surface area contributed by atoms with Gasteiger partial charge >= 0.3 is 0 Å². The first-order valence-electron chi connectivity index (χ1n) is 4.33. The predicted molar refractivity (Wildman–Crippen MR) is 63.9 cm³/mol. The molecule has 3 N–H and O–H groups in total. The fraction of sp³-hybridized carbons (Fsp3) is 0.111. The van der Waals surface area contributed by atoms with Crippen molar-refractivity contribution in [1.29, 1.82) is 0 Å². The van der Waals surface area contributed by atoms with Crippen LogP contribution in [0.3, 0.4) is 0 Å². The van der Waals surface area contributed by atoms with Crippen LogP contribution >= 0.6 is 23.2 Å². The molecule has 2 aromatic rings. The van der Waals surface area contributed by atoms with Crippen molar-refractivity contribution in [2.24, 2.45) is 5.84 Å². The molecule has 0 atom stereocenters. The summed E-state index contributed by atoms with van der Waals surface area (Å²) in [5.41, 5.74) is 3.34. The van der Waals surface area contributed by atoms with Gasteiger partial charge in [0.2, 0.25) is 5.82 Å². The first kappa shape index (κ1) is 11.2.